The van der Waals surface area contributed by atoms with Crippen molar-refractivity contribution in [3.8, 4) is 12.3 Å². The second-order valence-corrected chi connectivity index (χ2v) is 3.04. The molecule has 0 aromatic heterocycles. The predicted octanol–water partition coefficient (Wildman–Crippen LogP) is 1.10. The fourth-order valence-corrected chi connectivity index (χ4v) is 1.36. The average molecular weight is 197 g/mol. The molecular formula is C12H7NO2. The van der Waals surface area contributed by atoms with E-state index in [2.05, 4.69) is 5.92 Å². The van der Waals surface area contributed by atoms with Crippen molar-refractivity contribution in [3.05, 3.63) is 42.0 Å². The summed E-state index contributed by atoms with van der Waals surface area (Å²) in [6.45, 7) is 0. The molecule has 0 spiro atoms. The van der Waals surface area contributed by atoms with Gasteiger partial charge in [0.2, 0.25) is 0 Å². The van der Waals surface area contributed by atoms with Crippen LogP contribution in [0.4, 0.5) is 5.69 Å². The number of nitrogens with zero attached hydrogens (tertiary/aromatic N) is 1. The first-order valence-corrected chi connectivity index (χ1v) is 4.35. The molecule has 2 amide bonds. The van der Waals surface area contributed by atoms with Crippen molar-refractivity contribution < 1.29 is 9.59 Å². The standard InChI is InChI=1S/C12H7NO2/c1-2-9-3-5-10(6-4-9)13-11(14)7-8-12(13)15/h1,3-8H. The molecule has 0 N–H and O–H groups in total. The molecule has 1 aromatic carbocycles. The number of benzene rings is 1. The summed E-state index contributed by atoms with van der Waals surface area (Å²) >= 11 is 0. The van der Waals surface area contributed by atoms with Crippen molar-refractivity contribution in [2.75, 3.05) is 4.90 Å². The Balaban J connectivity index is 2.35. The van der Waals surface area contributed by atoms with Gasteiger partial charge in [-0.3, -0.25) is 9.59 Å². The zero-order valence-corrected chi connectivity index (χ0v) is 7.81. The predicted molar refractivity (Wildman–Crippen MR) is 56.0 cm³/mol. The van der Waals surface area contributed by atoms with Crippen molar-refractivity contribution >= 4 is 17.5 Å². The highest BCUT2D eigenvalue weighted by atomic mass is 16.2. The Kier molecular flexibility index (Phi) is 2.11. The first-order valence-electron chi connectivity index (χ1n) is 4.35. The first-order chi connectivity index (χ1) is 7.22. The normalized spacial score (nSPS) is 14.5. The Hall–Kier alpha value is -2.34. The molecule has 0 atom stereocenters. The Labute approximate surface area is 87.0 Å². The van der Waals surface area contributed by atoms with Crippen LogP contribution >= 0.6 is 0 Å². The Morgan fingerprint density at radius 1 is 1.00 bits per heavy atom. The zero-order chi connectivity index (χ0) is 10.8. The number of imide groups is 1. The molecule has 0 unspecified atom stereocenters. The monoisotopic (exact) mass is 197 g/mol. The summed E-state index contributed by atoms with van der Waals surface area (Å²) < 4.78 is 0. The molecule has 1 aliphatic heterocycles. The SMILES string of the molecule is C#Cc1ccc(N2C(=O)C=CC2=O)cc1. The van der Waals surface area contributed by atoms with Gasteiger partial charge in [-0.2, -0.15) is 0 Å². The number of rotatable bonds is 1. The third-order valence-electron chi connectivity index (χ3n) is 2.10. The van der Waals surface area contributed by atoms with Crippen LogP contribution < -0.4 is 4.90 Å². The van der Waals surface area contributed by atoms with E-state index >= 15 is 0 Å². The van der Waals surface area contributed by atoms with Crippen molar-refractivity contribution in [1.82, 2.24) is 0 Å². The Morgan fingerprint density at radius 3 is 2.00 bits per heavy atom. The highest BCUT2D eigenvalue weighted by Gasteiger charge is 2.24. The van der Waals surface area contributed by atoms with Crippen LogP contribution in [0.5, 0.6) is 0 Å². The summed E-state index contributed by atoms with van der Waals surface area (Å²) in [7, 11) is 0. The minimum Gasteiger partial charge on any atom is -0.269 e. The van der Waals surface area contributed by atoms with Crippen LogP contribution in [0.2, 0.25) is 0 Å². The number of carbonyl (C=O) groups excluding carboxylic acids is 2. The maximum absolute atomic E-state index is 11.3. The van der Waals surface area contributed by atoms with Gasteiger partial charge in [-0.15, -0.1) is 6.42 Å². The van der Waals surface area contributed by atoms with E-state index in [4.69, 9.17) is 6.42 Å². The van der Waals surface area contributed by atoms with Gasteiger partial charge in [-0.05, 0) is 24.3 Å². The van der Waals surface area contributed by atoms with E-state index in [1.54, 1.807) is 24.3 Å². The topological polar surface area (TPSA) is 37.4 Å². The number of amides is 2. The lowest BCUT2D eigenvalue weighted by Crippen LogP contribution is -2.29. The van der Waals surface area contributed by atoms with Gasteiger partial charge >= 0.3 is 0 Å². The molecule has 0 saturated heterocycles. The number of anilines is 1. The summed E-state index contributed by atoms with van der Waals surface area (Å²) in [6, 6.07) is 6.68. The van der Waals surface area contributed by atoms with Crippen molar-refractivity contribution in [3.63, 3.8) is 0 Å². The lowest BCUT2D eigenvalue weighted by Gasteiger charge is -2.13. The van der Waals surface area contributed by atoms with Crippen LogP contribution in [-0.4, -0.2) is 11.8 Å². The summed E-state index contributed by atoms with van der Waals surface area (Å²) in [5.41, 5.74) is 1.25. The Bertz CT molecular complexity index is 473. The van der Waals surface area contributed by atoms with Gasteiger partial charge in [0.25, 0.3) is 11.8 Å². The van der Waals surface area contributed by atoms with Crippen LogP contribution in [0, 0.1) is 12.3 Å². The molecule has 72 valence electrons. The molecular weight excluding hydrogens is 190 g/mol. The second kappa shape index (κ2) is 3.43. The van der Waals surface area contributed by atoms with Crippen molar-refractivity contribution in [2.45, 2.75) is 0 Å². The second-order valence-electron chi connectivity index (χ2n) is 3.04. The van der Waals surface area contributed by atoms with E-state index in [0.717, 1.165) is 4.90 Å². The molecule has 3 nitrogen and oxygen atoms in total. The van der Waals surface area contributed by atoms with E-state index in [1.165, 1.54) is 12.2 Å². The first kappa shape index (κ1) is 9.22. The lowest BCUT2D eigenvalue weighted by atomic mass is 10.2. The molecule has 0 aliphatic carbocycles. The molecule has 15 heavy (non-hydrogen) atoms. The third-order valence-corrected chi connectivity index (χ3v) is 2.10. The highest BCUT2D eigenvalue weighted by molar-refractivity contribution is 6.28. The third kappa shape index (κ3) is 1.53. The van der Waals surface area contributed by atoms with Crippen LogP contribution in [0.25, 0.3) is 0 Å². The number of hydrogen-bond acceptors (Lipinski definition) is 2. The van der Waals surface area contributed by atoms with Crippen molar-refractivity contribution in [1.29, 1.82) is 0 Å². The van der Waals surface area contributed by atoms with Gasteiger partial charge in [-0.25, -0.2) is 4.90 Å². The van der Waals surface area contributed by atoms with Crippen LogP contribution in [0.15, 0.2) is 36.4 Å². The molecule has 0 saturated carbocycles. The van der Waals surface area contributed by atoms with Crippen LogP contribution in [0.3, 0.4) is 0 Å². The molecule has 1 heterocycles. The largest absolute Gasteiger partial charge is 0.269 e. The Morgan fingerprint density at radius 2 is 1.53 bits per heavy atom. The number of hydrogen-bond donors (Lipinski definition) is 0. The number of carbonyl (C=O) groups is 2. The van der Waals surface area contributed by atoms with E-state index in [1.807, 2.05) is 0 Å². The van der Waals surface area contributed by atoms with Crippen molar-refractivity contribution in [2.24, 2.45) is 0 Å². The smallest absolute Gasteiger partial charge is 0.258 e. The molecule has 0 radical (unpaired) electrons. The lowest BCUT2D eigenvalue weighted by molar-refractivity contribution is -0.119. The van der Waals surface area contributed by atoms with Gasteiger partial charge in [0.05, 0.1) is 5.69 Å². The summed E-state index contributed by atoms with van der Waals surface area (Å²) in [5, 5.41) is 0. The minimum absolute atomic E-state index is 0.326. The highest BCUT2D eigenvalue weighted by Crippen LogP contribution is 2.18. The molecule has 1 aromatic rings. The maximum atomic E-state index is 11.3. The summed E-state index contributed by atoms with van der Waals surface area (Å²) in [5.74, 6) is 1.81. The van der Waals surface area contributed by atoms with Crippen LogP contribution in [-0.2, 0) is 9.59 Å². The zero-order valence-electron chi connectivity index (χ0n) is 7.81. The average Bonchev–Trinajstić information content (AvgIpc) is 2.59. The van der Waals surface area contributed by atoms with E-state index in [9.17, 15) is 9.59 Å². The number of terminal acetylenes is 1. The van der Waals surface area contributed by atoms with E-state index in [0.29, 0.717) is 11.3 Å². The molecule has 3 heteroatoms. The van der Waals surface area contributed by atoms with Gasteiger partial charge in [0, 0.05) is 17.7 Å². The van der Waals surface area contributed by atoms with Gasteiger partial charge in [0.15, 0.2) is 0 Å². The van der Waals surface area contributed by atoms with Crippen LogP contribution in [0.1, 0.15) is 5.56 Å². The fraction of sp³-hybridized carbons (Fsp3) is 0. The summed E-state index contributed by atoms with van der Waals surface area (Å²) in [4.78, 5) is 23.7. The fourth-order valence-electron chi connectivity index (χ4n) is 1.36. The van der Waals surface area contributed by atoms with Gasteiger partial charge in [0.1, 0.15) is 0 Å². The molecule has 2 rings (SSSR count). The van der Waals surface area contributed by atoms with E-state index in [-0.39, 0.29) is 11.8 Å². The maximum Gasteiger partial charge on any atom is 0.258 e. The van der Waals surface area contributed by atoms with Gasteiger partial charge < -0.3 is 0 Å². The molecule has 0 fully saturated rings. The molecule has 1 aliphatic rings. The summed E-state index contributed by atoms with van der Waals surface area (Å²) in [6.07, 6.45) is 7.69. The van der Waals surface area contributed by atoms with E-state index < -0.39 is 0 Å². The minimum atomic E-state index is -0.326. The van der Waals surface area contributed by atoms with Gasteiger partial charge in [-0.1, -0.05) is 5.92 Å². The quantitative estimate of drug-likeness (QED) is 0.499. The molecule has 0 bridgehead atoms.